The standard InChI is InChI=1S/C18H13FN2O3/c19-13-5-4-8-16(11-13)23-17-10-9-14(12-20-17)21-18(22)24-15-6-2-1-3-7-15/h1-12H,(H,21,22). The summed E-state index contributed by atoms with van der Waals surface area (Å²) < 4.78 is 23.6. The predicted molar refractivity (Wildman–Crippen MR) is 86.8 cm³/mol. The molecule has 0 atom stereocenters. The summed E-state index contributed by atoms with van der Waals surface area (Å²) in [6.07, 6.45) is 0.794. The molecule has 0 bridgehead atoms. The van der Waals surface area contributed by atoms with Gasteiger partial charge < -0.3 is 9.47 Å². The van der Waals surface area contributed by atoms with E-state index in [0.29, 0.717) is 17.2 Å². The topological polar surface area (TPSA) is 60.5 Å². The van der Waals surface area contributed by atoms with Gasteiger partial charge in [0.2, 0.25) is 5.88 Å². The Morgan fingerprint density at radius 1 is 0.958 bits per heavy atom. The highest BCUT2D eigenvalue weighted by atomic mass is 19.1. The summed E-state index contributed by atoms with van der Waals surface area (Å²) in [6.45, 7) is 0. The second-order valence-corrected chi connectivity index (χ2v) is 4.77. The molecule has 0 unspecified atom stereocenters. The number of amides is 1. The van der Waals surface area contributed by atoms with Gasteiger partial charge in [0.25, 0.3) is 0 Å². The van der Waals surface area contributed by atoms with Crippen molar-refractivity contribution in [2.45, 2.75) is 0 Å². The molecule has 3 aromatic rings. The van der Waals surface area contributed by atoms with Gasteiger partial charge in [-0.1, -0.05) is 24.3 Å². The van der Waals surface area contributed by atoms with Crippen LogP contribution in [0.15, 0.2) is 72.9 Å². The highest BCUT2D eigenvalue weighted by Gasteiger charge is 2.06. The molecule has 24 heavy (non-hydrogen) atoms. The molecular weight excluding hydrogens is 311 g/mol. The first-order valence-electron chi connectivity index (χ1n) is 7.12. The summed E-state index contributed by atoms with van der Waals surface area (Å²) in [5.41, 5.74) is 0.447. The van der Waals surface area contributed by atoms with Gasteiger partial charge >= 0.3 is 6.09 Å². The lowest BCUT2D eigenvalue weighted by atomic mass is 10.3. The van der Waals surface area contributed by atoms with Crippen molar-refractivity contribution < 1.29 is 18.7 Å². The van der Waals surface area contributed by atoms with E-state index in [1.54, 1.807) is 48.5 Å². The second-order valence-electron chi connectivity index (χ2n) is 4.77. The van der Waals surface area contributed by atoms with Crippen molar-refractivity contribution >= 4 is 11.8 Å². The molecule has 1 amide bonds. The minimum atomic E-state index is -0.623. The van der Waals surface area contributed by atoms with Crippen molar-refractivity contribution in [3.05, 3.63) is 78.7 Å². The molecule has 0 fully saturated rings. The van der Waals surface area contributed by atoms with Crippen LogP contribution in [0, 0.1) is 5.82 Å². The number of hydrogen-bond donors (Lipinski definition) is 1. The Kier molecular flexibility index (Phi) is 4.67. The number of carbonyl (C=O) groups is 1. The number of halogens is 1. The van der Waals surface area contributed by atoms with Crippen molar-refractivity contribution in [3.8, 4) is 17.4 Å². The first-order chi connectivity index (χ1) is 11.7. The normalized spacial score (nSPS) is 10.0. The fourth-order valence-corrected chi connectivity index (χ4v) is 1.90. The lowest BCUT2D eigenvalue weighted by Crippen LogP contribution is -2.16. The first kappa shape index (κ1) is 15.5. The third-order valence-corrected chi connectivity index (χ3v) is 2.96. The molecular formula is C18H13FN2O3. The van der Waals surface area contributed by atoms with Gasteiger partial charge in [0.1, 0.15) is 17.3 Å². The minimum Gasteiger partial charge on any atom is -0.439 e. The number of nitrogens with zero attached hydrogens (tertiary/aromatic N) is 1. The van der Waals surface area contributed by atoms with E-state index >= 15 is 0 Å². The zero-order valence-corrected chi connectivity index (χ0v) is 12.5. The van der Waals surface area contributed by atoms with Gasteiger partial charge in [-0.05, 0) is 30.3 Å². The number of nitrogens with one attached hydrogen (secondary N) is 1. The third kappa shape index (κ3) is 4.30. The van der Waals surface area contributed by atoms with E-state index in [1.165, 1.54) is 18.3 Å². The van der Waals surface area contributed by atoms with Crippen LogP contribution in [0.3, 0.4) is 0 Å². The van der Waals surface area contributed by atoms with E-state index < -0.39 is 11.9 Å². The highest BCUT2D eigenvalue weighted by molar-refractivity contribution is 5.86. The average Bonchev–Trinajstić information content (AvgIpc) is 2.57. The Labute approximate surface area is 137 Å². The molecule has 2 aromatic carbocycles. The molecule has 1 aromatic heterocycles. The number of rotatable bonds is 4. The molecule has 120 valence electrons. The molecule has 0 spiro atoms. The van der Waals surface area contributed by atoms with Crippen LogP contribution < -0.4 is 14.8 Å². The number of para-hydroxylation sites is 1. The maximum Gasteiger partial charge on any atom is 0.417 e. The van der Waals surface area contributed by atoms with Gasteiger partial charge in [0, 0.05) is 12.1 Å². The molecule has 0 radical (unpaired) electrons. The molecule has 0 aliphatic heterocycles. The fourth-order valence-electron chi connectivity index (χ4n) is 1.90. The van der Waals surface area contributed by atoms with Crippen LogP contribution in [0.2, 0.25) is 0 Å². The number of benzene rings is 2. The summed E-state index contributed by atoms with van der Waals surface area (Å²) in [4.78, 5) is 15.8. The Morgan fingerprint density at radius 3 is 2.46 bits per heavy atom. The van der Waals surface area contributed by atoms with Gasteiger partial charge in [0.15, 0.2) is 0 Å². The zero-order valence-electron chi connectivity index (χ0n) is 12.5. The van der Waals surface area contributed by atoms with Crippen LogP contribution in [0.5, 0.6) is 17.4 Å². The van der Waals surface area contributed by atoms with Crippen LogP contribution in [0.1, 0.15) is 0 Å². The second kappa shape index (κ2) is 7.23. The lowest BCUT2D eigenvalue weighted by Gasteiger charge is -2.08. The SMILES string of the molecule is O=C(Nc1ccc(Oc2cccc(F)c2)nc1)Oc1ccccc1. The van der Waals surface area contributed by atoms with E-state index in [-0.39, 0.29) is 5.88 Å². The number of hydrogen-bond acceptors (Lipinski definition) is 4. The van der Waals surface area contributed by atoms with E-state index in [4.69, 9.17) is 9.47 Å². The largest absolute Gasteiger partial charge is 0.439 e. The third-order valence-electron chi connectivity index (χ3n) is 2.96. The number of ether oxygens (including phenoxy) is 2. The van der Waals surface area contributed by atoms with E-state index in [0.717, 1.165) is 0 Å². The molecule has 5 nitrogen and oxygen atoms in total. The number of carbonyl (C=O) groups excluding carboxylic acids is 1. The molecule has 0 aliphatic rings. The number of anilines is 1. The first-order valence-corrected chi connectivity index (χ1v) is 7.12. The average molecular weight is 324 g/mol. The van der Waals surface area contributed by atoms with E-state index in [2.05, 4.69) is 10.3 Å². The van der Waals surface area contributed by atoms with Crippen LogP contribution >= 0.6 is 0 Å². The molecule has 0 saturated carbocycles. The Balaban J connectivity index is 1.59. The summed E-state index contributed by atoms with van der Waals surface area (Å²) >= 11 is 0. The summed E-state index contributed by atoms with van der Waals surface area (Å²) in [5.74, 6) is 0.665. The quantitative estimate of drug-likeness (QED) is 0.760. The van der Waals surface area contributed by atoms with Crippen molar-refractivity contribution in [3.63, 3.8) is 0 Å². The predicted octanol–water partition coefficient (Wildman–Crippen LogP) is 4.62. The Bertz CT molecular complexity index is 823. The van der Waals surface area contributed by atoms with Crippen LogP contribution in [-0.2, 0) is 0 Å². The van der Waals surface area contributed by atoms with Crippen molar-refractivity contribution in [1.82, 2.24) is 4.98 Å². The van der Waals surface area contributed by atoms with Gasteiger partial charge in [-0.3, -0.25) is 5.32 Å². The highest BCUT2D eigenvalue weighted by Crippen LogP contribution is 2.21. The van der Waals surface area contributed by atoms with Gasteiger partial charge in [0.05, 0.1) is 11.9 Å². The van der Waals surface area contributed by atoms with Gasteiger partial charge in [-0.25, -0.2) is 14.2 Å². The summed E-state index contributed by atoms with van der Waals surface area (Å²) in [7, 11) is 0. The van der Waals surface area contributed by atoms with E-state index in [1.807, 2.05) is 6.07 Å². The smallest absolute Gasteiger partial charge is 0.417 e. The van der Waals surface area contributed by atoms with Crippen LogP contribution in [0.4, 0.5) is 14.9 Å². The molecule has 1 N–H and O–H groups in total. The van der Waals surface area contributed by atoms with Crippen molar-refractivity contribution in [2.24, 2.45) is 0 Å². The molecule has 0 aliphatic carbocycles. The van der Waals surface area contributed by atoms with Crippen molar-refractivity contribution in [1.29, 1.82) is 0 Å². The van der Waals surface area contributed by atoms with Gasteiger partial charge in [-0.2, -0.15) is 0 Å². The molecule has 6 heteroatoms. The number of pyridine rings is 1. The molecule has 1 heterocycles. The Hall–Kier alpha value is -3.41. The summed E-state index contributed by atoms with van der Waals surface area (Å²) in [5, 5.41) is 2.55. The maximum absolute atomic E-state index is 13.1. The lowest BCUT2D eigenvalue weighted by molar-refractivity contribution is 0.215. The van der Waals surface area contributed by atoms with Gasteiger partial charge in [-0.15, -0.1) is 0 Å². The monoisotopic (exact) mass is 324 g/mol. The fraction of sp³-hybridized carbons (Fsp3) is 0. The Morgan fingerprint density at radius 2 is 1.75 bits per heavy atom. The molecule has 0 saturated heterocycles. The van der Waals surface area contributed by atoms with E-state index in [9.17, 15) is 9.18 Å². The van der Waals surface area contributed by atoms with Crippen LogP contribution in [0.25, 0.3) is 0 Å². The minimum absolute atomic E-state index is 0.280. The van der Waals surface area contributed by atoms with Crippen LogP contribution in [-0.4, -0.2) is 11.1 Å². The molecule has 3 rings (SSSR count). The summed E-state index contributed by atoms with van der Waals surface area (Å²) in [6, 6.07) is 17.6. The maximum atomic E-state index is 13.1. The zero-order chi connectivity index (χ0) is 16.8. The number of aromatic nitrogens is 1. The van der Waals surface area contributed by atoms with Crippen molar-refractivity contribution in [2.75, 3.05) is 5.32 Å².